The van der Waals surface area contributed by atoms with Crippen molar-refractivity contribution in [2.75, 3.05) is 20.8 Å². The SMILES string of the molecule is COC(=O)NCc1cccc([C@H](NC(=O)[C@@H]2C[C@@H](F)CN2C(=O)Cc2cnnn2C(=O)OC)c2ccc(C(C)C)c(F)n2)c1. The van der Waals surface area contributed by atoms with Gasteiger partial charge in [-0.15, -0.1) is 9.78 Å². The van der Waals surface area contributed by atoms with Gasteiger partial charge in [0.15, 0.2) is 0 Å². The number of amides is 3. The van der Waals surface area contributed by atoms with E-state index >= 15 is 4.39 Å². The molecule has 234 valence electrons. The van der Waals surface area contributed by atoms with Crippen LogP contribution in [0.25, 0.3) is 0 Å². The van der Waals surface area contributed by atoms with Gasteiger partial charge >= 0.3 is 12.2 Å². The standard InChI is InChI=1S/C29H33F2N7O6/c1-16(2)21-8-9-22(34-26(21)31)25(18-7-5-6-17(10-18)13-32-28(41)43-3)35-27(40)23-11-19(30)15-37(23)24(39)12-20-14-33-36-38(20)29(42)44-4/h5-10,14,16,19,23,25H,11-13,15H2,1-4H3,(H,32,41)(H,35,40)/t19-,23+,25+/m1/s1. The van der Waals surface area contributed by atoms with Crippen molar-refractivity contribution in [1.29, 1.82) is 0 Å². The molecule has 13 nitrogen and oxygen atoms in total. The van der Waals surface area contributed by atoms with Crippen LogP contribution in [0, 0.1) is 5.95 Å². The van der Waals surface area contributed by atoms with Gasteiger partial charge in [-0.3, -0.25) is 9.59 Å². The van der Waals surface area contributed by atoms with Crippen molar-refractivity contribution in [3.05, 3.63) is 76.6 Å². The highest BCUT2D eigenvalue weighted by molar-refractivity contribution is 5.89. The quantitative estimate of drug-likeness (QED) is 0.346. The van der Waals surface area contributed by atoms with Crippen molar-refractivity contribution in [3.8, 4) is 0 Å². The number of nitrogens with zero attached hydrogens (tertiary/aromatic N) is 5. The van der Waals surface area contributed by atoms with Crippen LogP contribution in [0.3, 0.4) is 0 Å². The highest BCUT2D eigenvalue weighted by Gasteiger charge is 2.41. The van der Waals surface area contributed by atoms with Crippen LogP contribution >= 0.6 is 0 Å². The molecular formula is C29H33F2N7O6. The lowest BCUT2D eigenvalue weighted by Gasteiger charge is -2.27. The molecule has 0 bridgehead atoms. The van der Waals surface area contributed by atoms with E-state index in [0.29, 0.717) is 16.7 Å². The minimum Gasteiger partial charge on any atom is -0.453 e. The highest BCUT2D eigenvalue weighted by atomic mass is 19.1. The number of halogens is 2. The lowest BCUT2D eigenvalue weighted by atomic mass is 9.98. The zero-order valence-corrected chi connectivity index (χ0v) is 24.6. The number of methoxy groups -OCH3 is 2. The molecule has 1 saturated heterocycles. The predicted molar refractivity (Wildman–Crippen MR) is 150 cm³/mol. The summed E-state index contributed by atoms with van der Waals surface area (Å²) in [6.45, 7) is 3.42. The summed E-state index contributed by atoms with van der Waals surface area (Å²) in [6, 6.07) is 7.83. The molecule has 1 aliphatic rings. The molecule has 0 aliphatic carbocycles. The average Bonchev–Trinajstić information content (AvgIpc) is 3.64. The second-order valence-corrected chi connectivity index (χ2v) is 10.5. The number of hydrogen-bond acceptors (Lipinski definition) is 9. The Bertz CT molecular complexity index is 1530. The van der Waals surface area contributed by atoms with Crippen molar-refractivity contribution in [2.45, 2.75) is 57.4 Å². The number of nitrogens with one attached hydrogen (secondary N) is 2. The van der Waals surface area contributed by atoms with E-state index in [4.69, 9.17) is 0 Å². The summed E-state index contributed by atoms with van der Waals surface area (Å²) in [7, 11) is 2.38. The van der Waals surface area contributed by atoms with Gasteiger partial charge in [-0.05, 0) is 23.1 Å². The maximum absolute atomic E-state index is 15.0. The van der Waals surface area contributed by atoms with E-state index < -0.39 is 48.2 Å². The molecule has 1 aliphatic heterocycles. The number of likely N-dealkylation sites (tertiary alicyclic amines) is 1. The average molecular weight is 614 g/mol. The van der Waals surface area contributed by atoms with Crippen LogP contribution in [0.5, 0.6) is 0 Å². The van der Waals surface area contributed by atoms with Crippen molar-refractivity contribution < 1.29 is 37.4 Å². The summed E-state index contributed by atoms with van der Waals surface area (Å²) in [4.78, 5) is 55.7. The van der Waals surface area contributed by atoms with Crippen molar-refractivity contribution >= 4 is 24.0 Å². The predicted octanol–water partition coefficient (Wildman–Crippen LogP) is 2.79. The summed E-state index contributed by atoms with van der Waals surface area (Å²) in [6.07, 6.45) is -2.43. The summed E-state index contributed by atoms with van der Waals surface area (Å²) in [5.74, 6) is -2.15. The third-order valence-corrected chi connectivity index (χ3v) is 7.18. The number of carbonyl (C=O) groups is 4. The molecule has 0 saturated carbocycles. The molecule has 3 amide bonds. The number of alkyl halides is 1. The van der Waals surface area contributed by atoms with Crippen molar-refractivity contribution in [1.82, 2.24) is 35.5 Å². The van der Waals surface area contributed by atoms with E-state index in [1.807, 2.05) is 13.8 Å². The molecule has 0 spiro atoms. The van der Waals surface area contributed by atoms with Gasteiger partial charge in [0.1, 0.15) is 12.2 Å². The van der Waals surface area contributed by atoms with Crippen LogP contribution in [0.1, 0.15) is 60.3 Å². The van der Waals surface area contributed by atoms with E-state index in [0.717, 1.165) is 16.7 Å². The Morgan fingerprint density at radius 2 is 1.89 bits per heavy atom. The molecule has 0 unspecified atom stereocenters. The van der Waals surface area contributed by atoms with Crippen LogP contribution in [0.15, 0.2) is 42.6 Å². The maximum Gasteiger partial charge on any atom is 0.436 e. The van der Waals surface area contributed by atoms with Gasteiger partial charge in [-0.25, -0.2) is 19.0 Å². The van der Waals surface area contributed by atoms with E-state index in [9.17, 15) is 23.6 Å². The molecule has 3 aromatic rings. The fourth-order valence-corrected chi connectivity index (χ4v) is 4.93. The van der Waals surface area contributed by atoms with Gasteiger partial charge in [-0.1, -0.05) is 49.4 Å². The first-order valence-corrected chi connectivity index (χ1v) is 13.8. The molecule has 1 aromatic carbocycles. The first kappa shape index (κ1) is 32.0. The van der Waals surface area contributed by atoms with Crippen molar-refractivity contribution in [2.24, 2.45) is 0 Å². The normalized spacial score (nSPS) is 16.8. The Hall–Kier alpha value is -4.95. The van der Waals surface area contributed by atoms with Gasteiger partial charge < -0.3 is 25.0 Å². The van der Waals surface area contributed by atoms with Crippen molar-refractivity contribution in [3.63, 3.8) is 0 Å². The zero-order chi connectivity index (χ0) is 32.0. The minimum atomic E-state index is -1.48. The second-order valence-electron chi connectivity index (χ2n) is 10.5. The minimum absolute atomic E-state index is 0.100. The Balaban J connectivity index is 1.62. The molecule has 44 heavy (non-hydrogen) atoms. The Labute approximate surface area is 251 Å². The number of pyridine rings is 1. The van der Waals surface area contributed by atoms with Gasteiger partial charge in [0.05, 0.1) is 50.8 Å². The smallest absolute Gasteiger partial charge is 0.436 e. The summed E-state index contributed by atoms with van der Waals surface area (Å²) < 4.78 is 39.8. The molecule has 3 atom stereocenters. The fourth-order valence-electron chi connectivity index (χ4n) is 4.93. The third kappa shape index (κ3) is 7.33. The molecule has 2 aromatic heterocycles. The van der Waals surface area contributed by atoms with E-state index in [-0.39, 0.29) is 43.2 Å². The lowest BCUT2D eigenvalue weighted by molar-refractivity contribution is -0.138. The van der Waals surface area contributed by atoms with Gasteiger partial charge in [0.2, 0.25) is 17.8 Å². The van der Waals surface area contributed by atoms with Crippen LogP contribution in [0.4, 0.5) is 18.4 Å². The Morgan fingerprint density at radius 1 is 1.11 bits per heavy atom. The summed E-state index contributed by atoms with van der Waals surface area (Å²) in [5, 5.41) is 12.6. The number of ether oxygens (including phenoxy) is 2. The lowest BCUT2D eigenvalue weighted by Crippen LogP contribution is -2.47. The van der Waals surface area contributed by atoms with E-state index in [1.54, 1.807) is 36.4 Å². The van der Waals surface area contributed by atoms with E-state index in [2.05, 4.69) is 35.4 Å². The summed E-state index contributed by atoms with van der Waals surface area (Å²) in [5.41, 5.74) is 1.84. The molecule has 15 heteroatoms. The number of hydrogen-bond donors (Lipinski definition) is 2. The fraction of sp³-hybridized carbons (Fsp3) is 0.414. The van der Waals surface area contributed by atoms with Crippen LogP contribution in [0.2, 0.25) is 0 Å². The van der Waals surface area contributed by atoms with E-state index in [1.165, 1.54) is 13.3 Å². The monoisotopic (exact) mass is 613 g/mol. The van der Waals surface area contributed by atoms with Crippen LogP contribution in [-0.4, -0.2) is 81.9 Å². The topological polar surface area (TPSA) is 158 Å². The van der Waals surface area contributed by atoms with Crippen LogP contribution < -0.4 is 10.6 Å². The number of alkyl carbamates (subject to hydrolysis) is 1. The van der Waals surface area contributed by atoms with Gasteiger partial charge in [0, 0.05) is 18.5 Å². The van der Waals surface area contributed by atoms with Gasteiger partial charge in [0.25, 0.3) is 0 Å². The first-order valence-electron chi connectivity index (χ1n) is 13.8. The number of rotatable bonds is 9. The Morgan fingerprint density at radius 3 is 2.57 bits per heavy atom. The largest absolute Gasteiger partial charge is 0.453 e. The highest BCUT2D eigenvalue weighted by Crippen LogP contribution is 2.28. The number of aromatic nitrogens is 4. The number of benzene rings is 1. The maximum atomic E-state index is 15.0. The Kier molecular flexibility index (Phi) is 10.2. The second kappa shape index (κ2) is 14.0. The van der Waals surface area contributed by atoms with Gasteiger partial charge in [-0.2, -0.15) is 4.39 Å². The molecular weight excluding hydrogens is 580 g/mol. The first-order chi connectivity index (χ1) is 21.0. The molecule has 0 radical (unpaired) electrons. The molecule has 2 N–H and O–H groups in total. The number of carbonyl (C=O) groups excluding carboxylic acids is 4. The molecule has 4 rings (SSSR count). The zero-order valence-electron chi connectivity index (χ0n) is 24.6. The summed E-state index contributed by atoms with van der Waals surface area (Å²) >= 11 is 0. The molecule has 1 fully saturated rings. The third-order valence-electron chi connectivity index (χ3n) is 7.18. The molecule has 3 heterocycles. The van der Waals surface area contributed by atoms with Crippen LogP contribution in [-0.2, 0) is 32.0 Å².